The molecular weight excluding hydrogens is 316 g/mol. The summed E-state index contributed by atoms with van der Waals surface area (Å²) in [5, 5.41) is 3.10. The molecule has 1 aromatic heterocycles. The number of nitrogens with one attached hydrogen (secondary N) is 1. The molecule has 1 aliphatic heterocycles. The van der Waals surface area contributed by atoms with Gasteiger partial charge in [0.05, 0.1) is 19.4 Å². The number of carbonyl (C=O) groups is 1. The van der Waals surface area contributed by atoms with E-state index >= 15 is 0 Å². The molecular formula is C20H26N2O3. The van der Waals surface area contributed by atoms with Crippen molar-refractivity contribution in [3.8, 4) is 5.75 Å². The van der Waals surface area contributed by atoms with Gasteiger partial charge in [0.15, 0.2) is 0 Å². The number of nitrogens with zero attached hydrogens (tertiary/aromatic N) is 1. The molecule has 1 aromatic carbocycles. The summed E-state index contributed by atoms with van der Waals surface area (Å²) in [5.41, 5.74) is 1.22. The highest BCUT2D eigenvalue weighted by Gasteiger charge is 2.24. The molecule has 3 rings (SSSR count). The lowest BCUT2D eigenvalue weighted by Crippen LogP contribution is -2.36. The average Bonchev–Trinajstić information content (AvgIpc) is 3.35. The maximum absolute atomic E-state index is 12.2. The normalized spacial score (nSPS) is 15.9. The van der Waals surface area contributed by atoms with Crippen molar-refractivity contribution in [2.75, 3.05) is 26.7 Å². The summed E-state index contributed by atoms with van der Waals surface area (Å²) in [4.78, 5) is 14.7. The van der Waals surface area contributed by atoms with E-state index < -0.39 is 0 Å². The first kappa shape index (κ1) is 17.5. The molecule has 0 spiro atoms. The van der Waals surface area contributed by atoms with Gasteiger partial charge in [0.25, 0.3) is 0 Å². The molecule has 1 saturated heterocycles. The number of hydrogen-bond acceptors (Lipinski definition) is 4. The van der Waals surface area contributed by atoms with Crippen molar-refractivity contribution in [1.82, 2.24) is 10.2 Å². The molecule has 5 nitrogen and oxygen atoms in total. The van der Waals surface area contributed by atoms with Crippen molar-refractivity contribution in [2.45, 2.75) is 31.7 Å². The molecule has 2 heterocycles. The van der Waals surface area contributed by atoms with Crippen LogP contribution < -0.4 is 10.1 Å². The fourth-order valence-corrected chi connectivity index (χ4v) is 3.33. The highest BCUT2D eigenvalue weighted by Crippen LogP contribution is 2.26. The molecule has 134 valence electrons. The van der Waals surface area contributed by atoms with Gasteiger partial charge in [0, 0.05) is 19.4 Å². The average molecular weight is 342 g/mol. The fourth-order valence-electron chi connectivity index (χ4n) is 3.33. The molecule has 1 fully saturated rings. The second-order valence-corrected chi connectivity index (χ2v) is 6.42. The van der Waals surface area contributed by atoms with Gasteiger partial charge >= 0.3 is 0 Å². The number of ether oxygens (including phenoxy) is 1. The Labute approximate surface area is 149 Å². The summed E-state index contributed by atoms with van der Waals surface area (Å²) in [6, 6.07) is 12.1. The Morgan fingerprint density at radius 1 is 1.24 bits per heavy atom. The van der Waals surface area contributed by atoms with E-state index in [2.05, 4.69) is 22.3 Å². The minimum Gasteiger partial charge on any atom is -0.497 e. The van der Waals surface area contributed by atoms with Crippen LogP contribution in [0.25, 0.3) is 0 Å². The zero-order valence-corrected chi connectivity index (χ0v) is 14.7. The molecule has 1 aliphatic rings. The lowest BCUT2D eigenvalue weighted by atomic mass is 10.0. The predicted molar refractivity (Wildman–Crippen MR) is 96.6 cm³/mol. The van der Waals surface area contributed by atoms with Crippen molar-refractivity contribution in [2.24, 2.45) is 0 Å². The molecule has 1 N–H and O–H groups in total. The van der Waals surface area contributed by atoms with Crippen LogP contribution in [0.1, 0.15) is 36.6 Å². The van der Waals surface area contributed by atoms with Gasteiger partial charge in [-0.05, 0) is 55.8 Å². The summed E-state index contributed by atoms with van der Waals surface area (Å²) in [6.07, 6.45) is 5.16. The number of aryl methyl sites for hydroxylation is 1. The summed E-state index contributed by atoms with van der Waals surface area (Å²) < 4.78 is 10.5. The summed E-state index contributed by atoms with van der Waals surface area (Å²) in [6.45, 7) is 2.79. The largest absolute Gasteiger partial charge is 0.497 e. The smallest absolute Gasteiger partial charge is 0.220 e. The van der Waals surface area contributed by atoms with Gasteiger partial charge in [-0.2, -0.15) is 0 Å². The lowest BCUT2D eigenvalue weighted by molar-refractivity contribution is -0.121. The van der Waals surface area contributed by atoms with E-state index in [4.69, 9.17) is 9.15 Å². The molecule has 1 amide bonds. The van der Waals surface area contributed by atoms with Crippen LogP contribution in [0.4, 0.5) is 0 Å². The quantitative estimate of drug-likeness (QED) is 0.800. The van der Waals surface area contributed by atoms with Crippen LogP contribution in [0.3, 0.4) is 0 Å². The zero-order chi connectivity index (χ0) is 17.5. The first-order chi connectivity index (χ1) is 12.3. The van der Waals surface area contributed by atoms with Gasteiger partial charge in [0.1, 0.15) is 11.5 Å². The summed E-state index contributed by atoms with van der Waals surface area (Å²) in [7, 11) is 1.67. The van der Waals surface area contributed by atoms with Crippen LogP contribution in [-0.4, -0.2) is 37.6 Å². The maximum atomic E-state index is 12.2. The third-order valence-corrected chi connectivity index (χ3v) is 4.75. The van der Waals surface area contributed by atoms with Gasteiger partial charge in [0.2, 0.25) is 5.91 Å². The monoisotopic (exact) mass is 342 g/mol. The highest BCUT2D eigenvalue weighted by molar-refractivity contribution is 5.76. The van der Waals surface area contributed by atoms with E-state index in [1.165, 1.54) is 18.4 Å². The van der Waals surface area contributed by atoms with Gasteiger partial charge < -0.3 is 14.5 Å². The van der Waals surface area contributed by atoms with Crippen molar-refractivity contribution in [3.05, 3.63) is 54.0 Å². The van der Waals surface area contributed by atoms with E-state index in [0.29, 0.717) is 19.4 Å². The SMILES string of the molecule is COc1ccc([C@H](CNC(=O)CCc2ccco2)N2CCCC2)cc1. The molecule has 0 unspecified atom stereocenters. The first-order valence-electron chi connectivity index (χ1n) is 8.93. The van der Waals surface area contributed by atoms with Crippen LogP contribution in [0.5, 0.6) is 5.75 Å². The molecule has 1 atom stereocenters. The summed E-state index contributed by atoms with van der Waals surface area (Å²) in [5.74, 6) is 1.77. The van der Waals surface area contributed by atoms with Crippen molar-refractivity contribution in [3.63, 3.8) is 0 Å². The molecule has 2 aromatic rings. The van der Waals surface area contributed by atoms with Crippen LogP contribution in [-0.2, 0) is 11.2 Å². The number of furan rings is 1. The number of rotatable bonds is 8. The highest BCUT2D eigenvalue weighted by atomic mass is 16.5. The number of hydrogen-bond donors (Lipinski definition) is 1. The molecule has 0 radical (unpaired) electrons. The molecule has 0 saturated carbocycles. The minimum absolute atomic E-state index is 0.0640. The van der Waals surface area contributed by atoms with E-state index in [9.17, 15) is 4.79 Å². The Balaban J connectivity index is 1.58. The van der Waals surface area contributed by atoms with E-state index in [1.807, 2.05) is 24.3 Å². The van der Waals surface area contributed by atoms with Crippen LogP contribution in [0.2, 0.25) is 0 Å². The van der Waals surface area contributed by atoms with Crippen molar-refractivity contribution in [1.29, 1.82) is 0 Å². The number of carbonyl (C=O) groups excluding carboxylic acids is 1. The fraction of sp³-hybridized carbons (Fsp3) is 0.450. The third kappa shape index (κ3) is 4.86. The predicted octanol–water partition coefficient (Wildman–Crippen LogP) is 3.17. The van der Waals surface area contributed by atoms with E-state index in [0.717, 1.165) is 24.6 Å². The van der Waals surface area contributed by atoms with Crippen LogP contribution >= 0.6 is 0 Å². The molecule has 25 heavy (non-hydrogen) atoms. The second-order valence-electron chi connectivity index (χ2n) is 6.42. The minimum atomic E-state index is 0.0640. The Bertz CT molecular complexity index is 646. The van der Waals surface area contributed by atoms with Crippen molar-refractivity contribution < 1.29 is 13.9 Å². The van der Waals surface area contributed by atoms with Crippen molar-refractivity contribution >= 4 is 5.91 Å². The second kappa shape index (κ2) is 8.72. The first-order valence-corrected chi connectivity index (χ1v) is 8.93. The van der Waals surface area contributed by atoms with Crippen LogP contribution in [0, 0.1) is 0 Å². The topological polar surface area (TPSA) is 54.7 Å². The Morgan fingerprint density at radius 2 is 2.00 bits per heavy atom. The number of methoxy groups -OCH3 is 1. The molecule has 0 bridgehead atoms. The van der Waals surface area contributed by atoms with Gasteiger partial charge in [-0.3, -0.25) is 9.69 Å². The number of likely N-dealkylation sites (tertiary alicyclic amines) is 1. The number of benzene rings is 1. The summed E-state index contributed by atoms with van der Waals surface area (Å²) >= 11 is 0. The molecule has 0 aliphatic carbocycles. The van der Waals surface area contributed by atoms with Gasteiger partial charge in [-0.25, -0.2) is 0 Å². The van der Waals surface area contributed by atoms with Gasteiger partial charge in [-0.1, -0.05) is 12.1 Å². The van der Waals surface area contributed by atoms with Gasteiger partial charge in [-0.15, -0.1) is 0 Å². The standard InChI is InChI=1S/C20H26N2O3/c1-24-17-8-6-16(7-9-17)19(22-12-2-3-13-22)15-21-20(23)11-10-18-5-4-14-25-18/h4-9,14,19H,2-3,10-13,15H2,1H3,(H,21,23)/t19-/m0/s1. The number of amides is 1. The maximum Gasteiger partial charge on any atom is 0.220 e. The Morgan fingerprint density at radius 3 is 2.64 bits per heavy atom. The Kier molecular flexibility index (Phi) is 6.12. The van der Waals surface area contributed by atoms with E-state index in [-0.39, 0.29) is 11.9 Å². The zero-order valence-electron chi connectivity index (χ0n) is 14.7. The Hall–Kier alpha value is -2.27. The third-order valence-electron chi connectivity index (χ3n) is 4.75. The lowest BCUT2D eigenvalue weighted by Gasteiger charge is -2.28. The van der Waals surface area contributed by atoms with E-state index in [1.54, 1.807) is 13.4 Å². The molecule has 5 heteroatoms. The van der Waals surface area contributed by atoms with Crippen LogP contribution in [0.15, 0.2) is 47.1 Å².